The maximum Gasteiger partial charge on any atom is 0.264 e. The van der Waals surface area contributed by atoms with Crippen molar-refractivity contribution in [3.63, 3.8) is 0 Å². The summed E-state index contributed by atoms with van der Waals surface area (Å²) in [5, 5.41) is 4.75. The van der Waals surface area contributed by atoms with Crippen LogP contribution in [0.4, 0.5) is 5.69 Å². The van der Waals surface area contributed by atoms with E-state index in [1.54, 1.807) is 35.5 Å². The summed E-state index contributed by atoms with van der Waals surface area (Å²) >= 11 is 1.41. The maximum absolute atomic E-state index is 12.6. The van der Waals surface area contributed by atoms with Crippen molar-refractivity contribution >= 4 is 28.8 Å². The van der Waals surface area contributed by atoms with Gasteiger partial charge in [0, 0.05) is 24.6 Å². The predicted molar refractivity (Wildman–Crippen MR) is 85.9 cm³/mol. The molecule has 5 nitrogen and oxygen atoms in total. The van der Waals surface area contributed by atoms with Crippen molar-refractivity contribution in [2.75, 3.05) is 11.9 Å². The van der Waals surface area contributed by atoms with Crippen LogP contribution in [0.1, 0.15) is 28.9 Å². The number of anilines is 1. The molecule has 2 amide bonds. The molecule has 114 valence electrons. The predicted octanol–water partition coefficient (Wildman–Crippen LogP) is 2.78. The molecule has 3 rings (SSSR count). The van der Waals surface area contributed by atoms with Crippen LogP contribution in [0.3, 0.4) is 0 Å². The van der Waals surface area contributed by atoms with Crippen LogP contribution < -0.4 is 5.32 Å². The molecule has 2 aromatic heterocycles. The number of nitrogens with zero attached hydrogens (tertiary/aromatic N) is 2. The molecule has 0 bridgehead atoms. The van der Waals surface area contributed by atoms with E-state index in [0.717, 1.165) is 12.8 Å². The van der Waals surface area contributed by atoms with Gasteiger partial charge in [-0.3, -0.25) is 14.6 Å². The second-order valence-electron chi connectivity index (χ2n) is 5.21. The number of pyridine rings is 1. The van der Waals surface area contributed by atoms with Crippen molar-refractivity contribution in [1.82, 2.24) is 9.88 Å². The van der Waals surface area contributed by atoms with Crippen molar-refractivity contribution in [3.05, 3.63) is 46.9 Å². The Morgan fingerprint density at radius 3 is 2.77 bits per heavy atom. The summed E-state index contributed by atoms with van der Waals surface area (Å²) in [4.78, 5) is 31.4. The minimum Gasteiger partial charge on any atom is -0.326 e. The summed E-state index contributed by atoms with van der Waals surface area (Å²) in [6, 6.07) is 6.74. The summed E-state index contributed by atoms with van der Waals surface area (Å²) < 4.78 is 0. The zero-order chi connectivity index (χ0) is 15.4. The highest BCUT2D eigenvalue weighted by Crippen LogP contribution is 2.22. The summed E-state index contributed by atoms with van der Waals surface area (Å²) in [6.07, 6.45) is 5.86. The van der Waals surface area contributed by atoms with Crippen LogP contribution in [-0.2, 0) is 4.79 Å². The number of rotatable bonds is 3. The summed E-state index contributed by atoms with van der Waals surface area (Å²) in [7, 11) is 0. The Hall–Kier alpha value is -2.21. The van der Waals surface area contributed by atoms with Gasteiger partial charge in [-0.1, -0.05) is 6.07 Å². The number of carbonyl (C=O) groups is 2. The van der Waals surface area contributed by atoms with Crippen molar-refractivity contribution < 1.29 is 9.59 Å². The van der Waals surface area contributed by atoms with Crippen molar-refractivity contribution in [2.45, 2.75) is 25.3 Å². The number of carbonyl (C=O) groups excluding carboxylic acids is 2. The van der Waals surface area contributed by atoms with Gasteiger partial charge >= 0.3 is 0 Å². The van der Waals surface area contributed by atoms with Gasteiger partial charge in [0.25, 0.3) is 5.91 Å². The van der Waals surface area contributed by atoms with E-state index in [9.17, 15) is 9.59 Å². The van der Waals surface area contributed by atoms with E-state index >= 15 is 0 Å². The lowest BCUT2D eigenvalue weighted by molar-refractivity contribution is -0.121. The molecule has 1 fully saturated rings. The van der Waals surface area contributed by atoms with Crippen LogP contribution in [0.5, 0.6) is 0 Å². The fourth-order valence-corrected chi connectivity index (χ4v) is 3.33. The van der Waals surface area contributed by atoms with Crippen LogP contribution >= 0.6 is 11.3 Å². The first kappa shape index (κ1) is 14.7. The van der Waals surface area contributed by atoms with Gasteiger partial charge in [0.15, 0.2) is 0 Å². The molecular formula is C16H17N3O2S. The normalized spacial score (nSPS) is 18.0. The number of thiophene rings is 1. The lowest BCUT2D eigenvalue weighted by Crippen LogP contribution is -2.49. The van der Waals surface area contributed by atoms with Crippen molar-refractivity contribution in [2.24, 2.45) is 0 Å². The van der Waals surface area contributed by atoms with E-state index in [1.807, 2.05) is 11.4 Å². The number of aromatic nitrogens is 1. The zero-order valence-electron chi connectivity index (χ0n) is 12.1. The Kier molecular flexibility index (Phi) is 4.48. The second-order valence-corrected chi connectivity index (χ2v) is 6.16. The van der Waals surface area contributed by atoms with E-state index in [0.29, 0.717) is 23.5 Å². The molecule has 1 aliphatic rings. The van der Waals surface area contributed by atoms with Gasteiger partial charge in [0.05, 0.1) is 4.88 Å². The van der Waals surface area contributed by atoms with Gasteiger partial charge in [0.2, 0.25) is 5.91 Å². The average molecular weight is 315 g/mol. The number of likely N-dealkylation sites (tertiary alicyclic amines) is 1. The molecule has 22 heavy (non-hydrogen) atoms. The van der Waals surface area contributed by atoms with Crippen LogP contribution in [-0.4, -0.2) is 34.3 Å². The molecule has 0 aromatic carbocycles. The minimum atomic E-state index is -0.406. The van der Waals surface area contributed by atoms with E-state index < -0.39 is 6.04 Å². The van der Waals surface area contributed by atoms with Gasteiger partial charge < -0.3 is 10.2 Å². The first-order valence-electron chi connectivity index (χ1n) is 7.31. The summed E-state index contributed by atoms with van der Waals surface area (Å²) in [5.74, 6) is -0.180. The molecule has 2 aromatic rings. The molecule has 0 spiro atoms. The molecule has 1 saturated heterocycles. The topological polar surface area (TPSA) is 62.3 Å². The maximum atomic E-state index is 12.6. The highest BCUT2D eigenvalue weighted by molar-refractivity contribution is 7.12. The molecule has 1 unspecified atom stereocenters. The second kappa shape index (κ2) is 6.70. The van der Waals surface area contributed by atoms with E-state index in [4.69, 9.17) is 0 Å². The number of nitrogens with one attached hydrogen (secondary N) is 1. The molecule has 1 aliphatic heterocycles. The summed E-state index contributed by atoms with van der Waals surface area (Å²) in [6.45, 7) is 0.630. The molecule has 1 N–H and O–H groups in total. The Morgan fingerprint density at radius 1 is 1.23 bits per heavy atom. The number of piperidine rings is 1. The SMILES string of the molecule is O=C(Nc1ccncc1)C1CCCCN1C(=O)c1cccs1. The van der Waals surface area contributed by atoms with Gasteiger partial charge in [0.1, 0.15) is 6.04 Å². The van der Waals surface area contributed by atoms with Crippen molar-refractivity contribution in [3.8, 4) is 0 Å². The Balaban J connectivity index is 1.75. The molecule has 0 saturated carbocycles. The van der Waals surface area contributed by atoms with Gasteiger partial charge in [-0.25, -0.2) is 0 Å². The van der Waals surface area contributed by atoms with Gasteiger partial charge in [-0.15, -0.1) is 11.3 Å². The first-order valence-corrected chi connectivity index (χ1v) is 8.19. The molecule has 3 heterocycles. The fraction of sp³-hybridized carbons (Fsp3) is 0.312. The molecule has 0 aliphatic carbocycles. The highest BCUT2D eigenvalue weighted by Gasteiger charge is 2.32. The fourth-order valence-electron chi connectivity index (χ4n) is 2.65. The standard InChI is InChI=1S/C16H17N3O2S/c20-15(18-12-6-8-17-9-7-12)13-4-1-2-10-19(13)16(21)14-5-3-11-22-14/h3,5-9,11,13H,1-2,4,10H2,(H,17,18,20). The van der Waals surface area contributed by atoms with E-state index in [1.165, 1.54) is 11.3 Å². The van der Waals surface area contributed by atoms with Crippen LogP contribution in [0.25, 0.3) is 0 Å². The molecule has 1 atom stereocenters. The Bertz CT molecular complexity index is 643. The first-order chi connectivity index (χ1) is 10.8. The Morgan fingerprint density at radius 2 is 2.05 bits per heavy atom. The van der Waals surface area contributed by atoms with Crippen LogP contribution in [0, 0.1) is 0 Å². The number of amides is 2. The lowest BCUT2D eigenvalue weighted by Gasteiger charge is -2.34. The quantitative estimate of drug-likeness (QED) is 0.947. The third-order valence-electron chi connectivity index (χ3n) is 3.75. The van der Waals surface area contributed by atoms with Crippen molar-refractivity contribution in [1.29, 1.82) is 0 Å². The average Bonchev–Trinajstić information content (AvgIpc) is 3.09. The summed E-state index contributed by atoms with van der Waals surface area (Å²) in [5.41, 5.74) is 0.703. The molecule has 6 heteroatoms. The van der Waals surface area contributed by atoms with E-state index in [-0.39, 0.29) is 11.8 Å². The lowest BCUT2D eigenvalue weighted by atomic mass is 10.0. The highest BCUT2D eigenvalue weighted by atomic mass is 32.1. The molecule has 0 radical (unpaired) electrons. The Labute approximate surface area is 133 Å². The number of hydrogen-bond donors (Lipinski definition) is 1. The van der Waals surface area contributed by atoms with Crippen LogP contribution in [0.15, 0.2) is 42.0 Å². The van der Waals surface area contributed by atoms with Gasteiger partial charge in [-0.05, 0) is 42.8 Å². The monoisotopic (exact) mass is 315 g/mol. The molecular weight excluding hydrogens is 298 g/mol. The largest absolute Gasteiger partial charge is 0.326 e. The van der Waals surface area contributed by atoms with E-state index in [2.05, 4.69) is 10.3 Å². The van der Waals surface area contributed by atoms with Crippen LogP contribution in [0.2, 0.25) is 0 Å². The zero-order valence-corrected chi connectivity index (χ0v) is 12.9. The van der Waals surface area contributed by atoms with Gasteiger partial charge in [-0.2, -0.15) is 0 Å². The third-order valence-corrected chi connectivity index (χ3v) is 4.60. The number of hydrogen-bond acceptors (Lipinski definition) is 4. The third kappa shape index (κ3) is 3.17. The minimum absolute atomic E-state index is 0.0513. The smallest absolute Gasteiger partial charge is 0.264 e.